The summed E-state index contributed by atoms with van der Waals surface area (Å²) in [6.07, 6.45) is -4.55. The first-order valence-electron chi connectivity index (χ1n) is 7.72. The standard InChI is InChI=1S/C18H13F3N2O3S/c1-9-13-7-8-14(18(19,20)21)23-16(13)27-15(9)17(25)26-12-5-3-11(4-6-12)22-10(2)24/h3-8H,1-2H3,(H,22,24). The van der Waals surface area contributed by atoms with Gasteiger partial charge in [-0.25, -0.2) is 9.78 Å². The minimum atomic E-state index is -4.55. The molecule has 0 bridgehead atoms. The highest BCUT2D eigenvalue weighted by molar-refractivity contribution is 7.20. The van der Waals surface area contributed by atoms with Crippen molar-refractivity contribution in [2.45, 2.75) is 20.0 Å². The van der Waals surface area contributed by atoms with Gasteiger partial charge in [-0.2, -0.15) is 13.2 Å². The summed E-state index contributed by atoms with van der Waals surface area (Å²) in [4.78, 5) is 27.3. The summed E-state index contributed by atoms with van der Waals surface area (Å²) in [6, 6.07) is 8.34. The molecule has 0 spiro atoms. The number of carbonyl (C=O) groups excluding carboxylic acids is 2. The number of ether oxygens (including phenoxy) is 1. The molecule has 0 fully saturated rings. The van der Waals surface area contributed by atoms with Gasteiger partial charge in [0.05, 0.1) is 0 Å². The normalized spacial score (nSPS) is 11.4. The minimum Gasteiger partial charge on any atom is -0.422 e. The molecule has 0 saturated heterocycles. The Morgan fingerprint density at radius 3 is 2.37 bits per heavy atom. The fourth-order valence-electron chi connectivity index (χ4n) is 2.41. The molecule has 0 atom stereocenters. The van der Waals surface area contributed by atoms with Crippen molar-refractivity contribution < 1.29 is 27.5 Å². The van der Waals surface area contributed by atoms with Crippen molar-refractivity contribution in [3.05, 3.63) is 52.5 Å². The summed E-state index contributed by atoms with van der Waals surface area (Å²) < 4.78 is 43.7. The molecule has 5 nitrogen and oxygen atoms in total. The number of rotatable bonds is 3. The van der Waals surface area contributed by atoms with Gasteiger partial charge in [0.1, 0.15) is 21.2 Å². The van der Waals surface area contributed by atoms with E-state index in [1.54, 1.807) is 19.1 Å². The van der Waals surface area contributed by atoms with E-state index in [-0.39, 0.29) is 21.4 Å². The third-order valence-corrected chi connectivity index (χ3v) is 4.85. The second-order valence-electron chi connectivity index (χ2n) is 5.70. The van der Waals surface area contributed by atoms with Crippen LogP contribution in [0.3, 0.4) is 0 Å². The van der Waals surface area contributed by atoms with Crippen LogP contribution < -0.4 is 10.1 Å². The third kappa shape index (κ3) is 4.08. The molecular formula is C18H13F3N2O3S. The topological polar surface area (TPSA) is 68.3 Å². The molecule has 3 rings (SSSR count). The van der Waals surface area contributed by atoms with Gasteiger partial charge >= 0.3 is 12.1 Å². The number of aromatic nitrogens is 1. The highest BCUT2D eigenvalue weighted by Crippen LogP contribution is 2.34. The molecule has 3 aromatic rings. The van der Waals surface area contributed by atoms with Gasteiger partial charge in [-0.15, -0.1) is 11.3 Å². The maximum absolute atomic E-state index is 12.8. The fraction of sp³-hybridized carbons (Fsp3) is 0.167. The van der Waals surface area contributed by atoms with E-state index < -0.39 is 17.8 Å². The van der Waals surface area contributed by atoms with Crippen LogP contribution in [0.4, 0.5) is 18.9 Å². The number of anilines is 1. The third-order valence-electron chi connectivity index (χ3n) is 3.66. The van der Waals surface area contributed by atoms with Gasteiger partial charge in [-0.05, 0) is 48.9 Å². The monoisotopic (exact) mass is 394 g/mol. The van der Waals surface area contributed by atoms with Crippen LogP contribution in [0.15, 0.2) is 36.4 Å². The summed E-state index contributed by atoms with van der Waals surface area (Å²) in [5, 5.41) is 3.06. The number of amides is 1. The second kappa shape index (κ2) is 6.99. The number of aryl methyl sites for hydroxylation is 1. The molecule has 0 saturated carbocycles. The molecule has 0 aliphatic rings. The van der Waals surface area contributed by atoms with Crippen molar-refractivity contribution in [2.75, 3.05) is 5.32 Å². The largest absolute Gasteiger partial charge is 0.433 e. The van der Waals surface area contributed by atoms with Crippen LogP contribution in [0, 0.1) is 6.92 Å². The minimum absolute atomic E-state index is 0.121. The zero-order valence-corrected chi connectivity index (χ0v) is 15.0. The summed E-state index contributed by atoms with van der Waals surface area (Å²) in [5.74, 6) is -0.669. The first kappa shape index (κ1) is 18.8. The Labute approximate surface area is 155 Å². The van der Waals surface area contributed by atoms with Crippen LogP contribution in [0.2, 0.25) is 0 Å². The summed E-state index contributed by atoms with van der Waals surface area (Å²) in [5.41, 5.74) is 0.0463. The van der Waals surface area contributed by atoms with Crippen molar-refractivity contribution in [3.63, 3.8) is 0 Å². The summed E-state index contributed by atoms with van der Waals surface area (Å²) in [7, 11) is 0. The Morgan fingerprint density at radius 2 is 1.78 bits per heavy atom. The highest BCUT2D eigenvalue weighted by Gasteiger charge is 2.33. The number of pyridine rings is 1. The molecule has 27 heavy (non-hydrogen) atoms. The lowest BCUT2D eigenvalue weighted by molar-refractivity contribution is -0.140. The maximum Gasteiger partial charge on any atom is 0.433 e. The number of esters is 1. The zero-order valence-electron chi connectivity index (χ0n) is 14.2. The van der Waals surface area contributed by atoms with Crippen molar-refractivity contribution in [1.29, 1.82) is 0 Å². The molecule has 1 amide bonds. The van der Waals surface area contributed by atoms with Crippen LogP contribution >= 0.6 is 11.3 Å². The lowest BCUT2D eigenvalue weighted by Crippen LogP contribution is -2.08. The predicted octanol–water partition coefficient (Wildman–Crippen LogP) is 4.80. The average molecular weight is 394 g/mol. The number of hydrogen-bond donors (Lipinski definition) is 1. The van der Waals surface area contributed by atoms with Gasteiger partial charge in [0, 0.05) is 18.0 Å². The number of halogens is 3. The number of fused-ring (bicyclic) bond motifs is 1. The Balaban J connectivity index is 1.85. The number of thiophene rings is 1. The lowest BCUT2D eigenvalue weighted by Gasteiger charge is -2.05. The van der Waals surface area contributed by atoms with Crippen LogP contribution in [0.5, 0.6) is 5.75 Å². The van der Waals surface area contributed by atoms with Gasteiger partial charge in [0.2, 0.25) is 5.91 Å². The maximum atomic E-state index is 12.8. The first-order chi connectivity index (χ1) is 12.6. The molecule has 140 valence electrons. The molecule has 9 heteroatoms. The average Bonchev–Trinajstić information content (AvgIpc) is 2.92. The van der Waals surface area contributed by atoms with Crippen LogP contribution in [0.25, 0.3) is 10.2 Å². The Kier molecular flexibility index (Phi) is 4.88. The highest BCUT2D eigenvalue weighted by atomic mass is 32.1. The zero-order chi connectivity index (χ0) is 19.8. The number of nitrogens with one attached hydrogen (secondary N) is 1. The lowest BCUT2D eigenvalue weighted by atomic mass is 10.2. The van der Waals surface area contributed by atoms with Gasteiger partial charge < -0.3 is 10.1 Å². The van der Waals surface area contributed by atoms with E-state index in [1.165, 1.54) is 25.1 Å². The van der Waals surface area contributed by atoms with Crippen LogP contribution in [-0.4, -0.2) is 16.9 Å². The Morgan fingerprint density at radius 1 is 1.11 bits per heavy atom. The van der Waals surface area contributed by atoms with E-state index in [4.69, 9.17) is 4.74 Å². The van der Waals surface area contributed by atoms with Crippen LogP contribution in [0.1, 0.15) is 27.9 Å². The molecule has 2 aromatic heterocycles. The van der Waals surface area contributed by atoms with Gasteiger partial charge in [0.25, 0.3) is 0 Å². The number of nitrogens with zero attached hydrogens (tertiary/aromatic N) is 1. The van der Waals surface area contributed by atoms with Crippen molar-refractivity contribution in [2.24, 2.45) is 0 Å². The number of carbonyl (C=O) groups is 2. The number of alkyl halides is 3. The second-order valence-corrected chi connectivity index (χ2v) is 6.70. The summed E-state index contributed by atoms with van der Waals surface area (Å²) in [6.45, 7) is 3.00. The Hall–Kier alpha value is -2.94. The predicted molar refractivity (Wildman–Crippen MR) is 95.1 cm³/mol. The molecule has 0 unspecified atom stereocenters. The first-order valence-corrected chi connectivity index (χ1v) is 8.54. The van der Waals surface area contributed by atoms with Crippen molar-refractivity contribution in [1.82, 2.24) is 4.98 Å². The molecule has 0 radical (unpaired) electrons. The van der Waals surface area contributed by atoms with E-state index in [0.29, 0.717) is 16.6 Å². The molecular weight excluding hydrogens is 381 g/mol. The van der Waals surface area contributed by atoms with Gasteiger partial charge in [-0.1, -0.05) is 0 Å². The number of benzene rings is 1. The van der Waals surface area contributed by atoms with Crippen LogP contribution in [-0.2, 0) is 11.0 Å². The van der Waals surface area contributed by atoms with E-state index in [2.05, 4.69) is 10.3 Å². The van der Waals surface area contributed by atoms with E-state index in [0.717, 1.165) is 17.4 Å². The molecule has 0 aliphatic heterocycles. The SMILES string of the molecule is CC(=O)Nc1ccc(OC(=O)c2sc3nc(C(F)(F)F)ccc3c2C)cc1. The molecule has 2 heterocycles. The molecule has 1 aromatic carbocycles. The number of hydrogen-bond acceptors (Lipinski definition) is 5. The molecule has 0 aliphatic carbocycles. The van der Waals surface area contributed by atoms with E-state index >= 15 is 0 Å². The Bertz CT molecular complexity index is 1030. The molecule has 1 N–H and O–H groups in total. The van der Waals surface area contributed by atoms with Gasteiger partial charge in [0.15, 0.2) is 0 Å². The van der Waals surface area contributed by atoms with E-state index in [1.807, 2.05) is 0 Å². The van der Waals surface area contributed by atoms with Crippen molar-refractivity contribution in [3.8, 4) is 5.75 Å². The van der Waals surface area contributed by atoms with Gasteiger partial charge in [-0.3, -0.25) is 4.79 Å². The van der Waals surface area contributed by atoms with Crippen molar-refractivity contribution >= 4 is 39.1 Å². The smallest absolute Gasteiger partial charge is 0.422 e. The quantitative estimate of drug-likeness (QED) is 0.512. The van der Waals surface area contributed by atoms with E-state index in [9.17, 15) is 22.8 Å². The fourth-order valence-corrected chi connectivity index (χ4v) is 3.47. The summed E-state index contributed by atoms with van der Waals surface area (Å²) >= 11 is 0.850.